The quantitative estimate of drug-likeness (QED) is 0.697. The Morgan fingerprint density at radius 1 is 1.00 bits per heavy atom. The third kappa shape index (κ3) is 3.42. The molecule has 0 aliphatic carbocycles. The highest BCUT2D eigenvalue weighted by Gasteiger charge is 1.99. The number of rotatable bonds is 1. The van der Waals surface area contributed by atoms with E-state index in [1.54, 1.807) is 0 Å². The minimum absolute atomic E-state index is 0.699. The average Bonchev–Trinajstić information content (AvgIpc) is 2.38. The van der Waals surface area contributed by atoms with Crippen LogP contribution in [0, 0.1) is 6.92 Å². The van der Waals surface area contributed by atoms with E-state index in [1.165, 1.54) is 5.56 Å². The van der Waals surface area contributed by atoms with Gasteiger partial charge in [-0.05, 0) is 24.1 Å². The maximum Gasteiger partial charge on any atom is 0.0650 e. The van der Waals surface area contributed by atoms with E-state index in [0.29, 0.717) is 6.54 Å². The lowest BCUT2D eigenvalue weighted by molar-refractivity contribution is 1.24. The van der Waals surface area contributed by atoms with Crippen LogP contribution in [0.5, 0.6) is 0 Å². The molecule has 0 amide bonds. The molecule has 0 saturated heterocycles. The molecule has 2 rings (SSSR count). The molecule has 1 heteroatoms. The zero-order valence-corrected chi connectivity index (χ0v) is 10.6. The smallest absolute Gasteiger partial charge is 0.0650 e. The summed E-state index contributed by atoms with van der Waals surface area (Å²) in [5.74, 6) is 0. The van der Waals surface area contributed by atoms with Crippen molar-refractivity contribution in [2.45, 2.75) is 6.92 Å². The molecule has 0 atom stereocenters. The molecule has 1 aromatic carbocycles. The Labute approximate surface area is 109 Å². The largest absolute Gasteiger partial charge is 0.281 e. The molecule has 0 aromatic heterocycles. The van der Waals surface area contributed by atoms with Gasteiger partial charge in [-0.15, -0.1) is 0 Å². The fraction of sp³-hybridized carbons (Fsp3) is 0.118. The molecular weight excluding hydrogens is 218 g/mol. The Morgan fingerprint density at radius 2 is 1.78 bits per heavy atom. The van der Waals surface area contributed by atoms with Crippen LogP contribution in [0.4, 0.5) is 0 Å². The van der Waals surface area contributed by atoms with Gasteiger partial charge >= 0.3 is 0 Å². The second-order valence-corrected chi connectivity index (χ2v) is 4.29. The molecule has 1 aliphatic rings. The number of hydrogen-bond donors (Lipinski definition) is 0. The molecule has 0 bridgehead atoms. The van der Waals surface area contributed by atoms with Gasteiger partial charge < -0.3 is 0 Å². The molecule has 0 fully saturated rings. The van der Waals surface area contributed by atoms with Gasteiger partial charge in [0.25, 0.3) is 0 Å². The standard InChI is InChI=1S/C17H17N/c1-14-6-4-3-5-13-18-17(12-9-14)16-10-7-15(2)8-11-16/h3-12H,1,13H2,2H3/b5-3-,6-4-,12-9-,18-17+. The van der Waals surface area contributed by atoms with E-state index in [0.717, 1.165) is 16.8 Å². The summed E-state index contributed by atoms with van der Waals surface area (Å²) in [6.07, 6.45) is 12.0. The molecule has 1 heterocycles. The minimum Gasteiger partial charge on any atom is -0.281 e. The van der Waals surface area contributed by atoms with Gasteiger partial charge in [0, 0.05) is 0 Å². The summed E-state index contributed by atoms with van der Waals surface area (Å²) < 4.78 is 0. The fourth-order valence-corrected chi connectivity index (χ4v) is 1.68. The summed E-state index contributed by atoms with van der Waals surface area (Å²) in [5, 5.41) is 0. The van der Waals surface area contributed by atoms with E-state index in [9.17, 15) is 0 Å². The summed E-state index contributed by atoms with van der Waals surface area (Å²) in [6.45, 7) is 6.75. The number of benzene rings is 1. The molecule has 1 aliphatic heterocycles. The highest BCUT2D eigenvalue weighted by molar-refractivity contribution is 6.09. The van der Waals surface area contributed by atoms with E-state index < -0.39 is 0 Å². The maximum absolute atomic E-state index is 4.59. The normalized spacial score (nSPS) is 23.8. The van der Waals surface area contributed by atoms with E-state index in [-0.39, 0.29) is 0 Å². The minimum atomic E-state index is 0.699. The Kier molecular flexibility index (Phi) is 4.08. The average molecular weight is 235 g/mol. The topological polar surface area (TPSA) is 12.4 Å². The first kappa shape index (κ1) is 12.3. The van der Waals surface area contributed by atoms with E-state index in [2.05, 4.69) is 42.8 Å². The van der Waals surface area contributed by atoms with Gasteiger partial charge in [-0.25, -0.2) is 0 Å². The zero-order chi connectivity index (χ0) is 12.8. The van der Waals surface area contributed by atoms with Gasteiger partial charge in [0.15, 0.2) is 0 Å². The third-order valence-corrected chi connectivity index (χ3v) is 2.73. The Balaban J connectivity index is 2.32. The van der Waals surface area contributed by atoms with Gasteiger partial charge in [-0.2, -0.15) is 0 Å². The van der Waals surface area contributed by atoms with Gasteiger partial charge in [-0.3, -0.25) is 4.99 Å². The van der Waals surface area contributed by atoms with Crippen LogP contribution in [-0.2, 0) is 0 Å². The van der Waals surface area contributed by atoms with Crippen LogP contribution in [0.15, 0.2) is 77.9 Å². The number of aliphatic imine (C=N–C) groups is 1. The van der Waals surface area contributed by atoms with Crippen molar-refractivity contribution in [2.24, 2.45) is 4.99 Å². The summed E-state index contributed by atoms with van der Waals surface area (Å²) in [5.41, 5.74) is 4.37. The second-order valence-electron chi connectivity index (χ2n) is 4.29. The number of allylic oxidation sites excluding steroid dienone is 6. The fourth-order valence-electron chi connectivity index (χ4n) is 1.68. The number of aryl methyl sites for hydroxylation is 1. The summed E-state index contributed by atoms with van der Waals surface area (Å²) in [6, 6.07) is 8.42. The molecular formula is C17H17N. The summed E-state index contributed by atoms with van der Waals surface area (Å²) in [7, 11) is 0. The molecule has 0 saturated carbocycles. The lowest BCUT2D eigenvalue weighted by Gasteiger charge is -2.03. The van der Waals surface area contributed by atoms with Crippen LogP contribution in [0.1, 0.15) is 11.1 Å². The lowest BCUT2D eigenvalue weighted by atomic mass is 10.1. The van der Waals surface area contributed by atoms with Crippen molar-refractivity contribution in [1.29, 1.82) is 0 Å². The first-order valence-electron chi connectivity index (χ1n) is 6.07. The van der Waals surface area contributed by atoms with Crippen LogP contribution in [0.2, 0.25) is 0 Å². The van der Waals surface area contributed by atoms with Crippen LogP contribution in [0.25, 0.3) is 0 Å². The van der Waals surface area contributed by atoms with Crippen molar-refractivity contribution < 1.29 is 0 Å². The van der Waals surface area contributed by atoms with Crippen molar-refractivity contribution in [3.8, 4) is 0 Å². The summed E-state index contributed by atoms with van der Waals surface area (Å²) >= 11 is 0. The van der Waals surface area contributed by atoms with Crippen molar-refractivity contribution >= 4 is 5.71 Å². The van der Waals surface area contributed by atoms with Crippen LogP contribution < -0.4 is 0 Å². The SMILES string of the molecule is C=C1/C=C\C=C/C/N=C(c2ccc(C)cc2)\C=C/1. The molecule has 1 aromatic rings. The Morgan fingerprint density at radius 3 is 2.56 bits per heavy atom. The van der Waals surface area contributed by atoms with Crippen LogP contribution in [0.3, 0.4) is 0 Å². The first-order chi connectivity index (χ1) is 8.75. The molecule has 0 spiro atoms. The first-order valence-corrected chi connectivity index (χ1v) is 6.07. The van der Waals surface area contributed by atoms with Gasteiger partial charge in [0.2, 0.25) is 0 Å². The molecule has 0 N–H and O–H groups in total. The van der Waals surface area contributed by atoms with Gasteiger partial charge in [0.1, 0.15) is 0 Å². The van der Waals surface area contributed by atoms with Gasteiger partial charge in [0.05, 0.1) is 12.3 Å². The molecule has 1 nitrogen and oxygen atoms in total. The number of hydrogen-bond acceptors (Lipinski definition) is 1. The van der Waals surface area contributed by atoms with Crippen molar-refractivity contribution in [1.82, 2.24) is 0 Å². The highest BCUT2D eigenvalue weighted by atomic mass is 14.7. The third-order valence-electron chi connectivity index (χ3n) is 2.73. The predicted octanol–water partition coefficient (Wildman–Crippen LogP) is 4.02. The molecule has 18 heavy (non-hydrogen) atoms. The van der Waals surface area contributed by atoms with Crippen LogP contribution in [-0.4, -0.2) is 12.3 Å². The Bertz CT molecular complexity index is 539. The molecule has 0 radical (unpaired) electrons. The van der Waals surface area contributed by atoms with Gasteiger partial charge in [-0.1, -0.05) is 66.8 Å². The van der Waals surface area contributed by atoms with E-state index in [4.69, 9.17) is 0 Å². The monoisotopic (exact) mass is 235 g/mol. The lowest BCUT2D eigenvalue weighted by Crippen LogP contribution is -1.98. The highest BCUT2D eigenvalue weighted by Crippen LogP contribution is 2.08. The van der Waals surface area contributed by atoms with E-state index >= 15 is 0 Å². The zero-order valence-electron chi connectivity index (χ0n) is 10.6. The molecule has 90 valence electrons. The predicted molar refractivity (Wildman–Crippen MR) is 79.1 cm³/mol. The Hall–Kier alpha value is -2.15. The van der Waals surface area contributed by atoms with E-state index in [1.807, 2.05) is 36.5 Å². The number of nitrogens with zero attached hydrogens (tertiary/aromatic N) is 1. The summed E-state index contributed by atoms with van der Waals surface area (Å²) in [4.78, 5) is 4.59. The van der Waals surface area contributed by atoms with Crippen LogP contribution >= 0.6 is 0 Å². The van der Waals surface area contributed by atoms with Crippen molar-refractivity contribution in [3.05, 3.63) is 84.0 Å². The van der Waals surface area contributed by atoms with Crippen molar-refractivity contribution in [3.63, 3.8) is 0 Å². The van der Waals surface area contributed by atoms with Crippen molar-refractivity contribution in [2.75, 3.05) is 6.54 Å². The second kappa shape index (κ2) is 5.97. The molecule has 0 unspecified atom stereocenters. The maximum atomic E-state index is 4.59.